The molecule has 0 N–H and O–H groups in total. The van der Waals surface area contributed by atoms with E-state index < -0.39 is 0 Å². The van der Waals surface area contributed by atoms with Crippen LogP contribution in [0.25, 0.3) is 21.9 Å². The summed E-state index contributed by atoms with van der Waals surface area (Å²) in [5.41, 5.74) is 4.00. The summed E-state index contributed by atoms with van der Waals surface area (Å²) < 4.78 is 8.15. The lowest BCUT2D eigenvalue weighted by Gasteiger charge is -2.41. The Morgan fingerprint density at radius 2 is 1.76 bits per heavy atom. The molecule has 1 saturated carbocycles. The van der Waals surface area contributed by atoms with Crippen molar-refractivity contribution in [1.29, 1.82) is 0 Å². The van der Waals surface area contributed by atoms with Gasteiger partial charge in [0.2, 0.25) is 0 Å². The van der Waals surface area contributed by atoms with E-state index in [2.05, 4.69) is 40.4 Å². The van der Waals surface area contributed by atoms with E-state index in [-0.39, 0.29) is 0 Å². The summed E-state index contributed by atoms with van der Waals surface area (Å²) in [5, 5.41) is 2.17. The molecular formula is C28H40Cl2N6O. The molecule has 1 saturated heterocycles. The van der Waals surface area contributed by atoms with Gasteiger partial charge in [-0.2, -0.15) is 0 Å². The first-order valence-electron chi connectivity index (χ1n) is 13.7. The predicted molar refractivity (Wildman–Crippen MR) is 153 cm³/mol. The van der Waals surface area contributed by atoms with Crippen LogP contribution in [0.3, 0.4) is 0 Å². The van der Waals surface area contributed by atoms with E-state index in [1.54, 1.807) is 0 Å². The fourth-order valence-corrected chi connectivity index (χ4v) is 6.60. The number of likely N-dealkylation sites (N-methyl/N-ethyl adjacent to an activating group) is 2. The molecule has 3 aromatic rings. The van der Waals surface area contributed by atoms with Gasteiger partial charge in [0.15, 0.2) is 0 Å². The SMILES string of the molecule is CCOCc1nc2c(C3CCC(N4CCN(C)CC4)CC3)nc3cc(Cl)cc(Cl)c3c2n1CCN(C)C. The summed E-state index contributed by atoms with van der Waals surface area (Å²) in [4.78, 5) is 17.7. The summed E-state index contributed by atoms with van der Waals surface area (Å²) in [7, 11) is 6.41. The van der Waals surface area contributed by atoms with Crippen molar-refractivity contribution >= 4 is 45.1 Å². The zero-order valence-electron chi connectivity index (χ0n) is 22.6. The molecular weight excluding hydrogens is 507 g/mol. The van der Waals surface area contributed by atoms with Gasteiger partial charge in [0.25, 0.3) is 0 Å². The topological polar surface area (TPSA) is 49.7 Å². The van der Waals surface area contributed by atoms with E-state index in [1.165, 1.54) is 39.0 Å². The number of piperazine rings is 1. The van der Waals surface area contributed by atoms with Crippen LogP contribution < -0.4 is 0 Å². The lowest BCUT2D eigenvalue weighted by atomic mass is 9.82. The molecule has 7 nitrogen and oxygen atoms in total. The maximum atomic E-state index is 6.83. The van der Waals surface area contributed by atoms with Crippen LogP contribution in [0.15, 0.2) is 12.1 Å². The highest BCUT2D eigenvalue weighted by Crippen LogP contribution is 2.41. The Hall–Kier alpha value is -1.48. The molecule has 1 aliphatic heterocycles. The first kappa shape index (κ1) is 27.1. The van der Waals surface area contributed by atoms with Gasteiger partial charge < -0.3 is 19.1 Å². The van der Waals surface area contributed by atoms with E-state index in [1.807, 2.05) is 19.1 Å². The van der Waals surface area contributed by atoms with Crippen LogP contribution in [-0.4, -0.2) is 95.8 Å². The fourth-order valence-electron chi connectivity index (χ4n) is 6.03. The van der Waals surface area contributed by atoms with Crippen molar-refractivity contribution in [1.82, 2.24) is 29.2 Å². The predicted octanol–water partition coefficient (Wildman–Crippen LogP) is 5.26. The molecule has 9 heteroatoms. The standard InChI is InChI=1S/C28H40Cl2N6O/c1-5-37-18-24-32-27-26(19-6-8-21(9-7-19)35-13-11-34(4)12-14-35)31-23-17-20(29)16-22(30)25(23)28(27)36(24)15-10-33(2)3/h16-17,19,21H,5-15,18H2,1-4H3. The van der Waals surface area contributed by atoms with Gasteiger partial charge in [0, 0.05) is 68.2 Å². The van der Waals surface area contributed by atoms with E-state index in [0.717, 1.165) is 59.4 Å². The Kier molecular flexibility index (Phi) is 8.59. The molecule has 0 unspecified atom stereocenters. The summed E-state index contributed by atoms with van der Waals surface area (Å²) in [6, 6.07) is 4.45. The normalized spacial score (nSPS) is 22.0. The highest BCUT2D eigenvalue weighted by Gasteiger charge is 2.31. The van der Waals surface area contributed by atoms with Crippen LogP contribution in [-0.2, 0) is 17.9 Å². The average Bonchev–Trinajstić information content (AvgIpc) is 3.24. The molecule has 202 valence electrons. The molecule has 0 atom stereocenters. The molecule has 0 radical (unpaired) electrons. The second kappa shape index (κ2) is 11.7. The largest absolute Gasteiger partial charge is 0.374 e. The molecule has 2 aliphatic rings. The highest BCUT2D eigenvalue weighted by molar-refractivity contribution is 6.40. The number of benzene rings is 1. The fraction of sp³-hybridized carbons (Fsp3) is 0.643. The average molecular weight is 548 g/mol. The molecule has 3 heterocycles. The molecule has 0 bridgehead atoms. The zero-order chi connectivity index (χ0) is 26.1. The smallest absolute Gasteiger partial charge is 0.136 e. The van der Waals surface area contributed by atoms with Gasteiger partial charge in [-0.1, -0.05) is 23.2 Å². The van der Waals surface area contributed by atoms with Crippen molar-refractivity contribution in [2.75, 3.05) is 60.5 Å². The molecule has 2 aromatic heterocycles. The first-order valence-corrected chi connectivity index (χ1v) is 14.4. The molecule has 1 aromatic carbocycles. The number of aromatic nitrogens is 3. The van der Waals surface area contributed by atoms with Crippen LogP contribution in [0.4, 0.5) is 0 Å². The van der Waals surface area contributed by atoms with Gasteiger partial charge in [-0.05, 0) is 65.9 Å². The summed E-state index contributed by atoms with van der Waals surface area (Å²) in [6.45, 7) is 9.53. The van der Waals surface area contributed by atoms with Crippen LogP contribution in [0.1, 0.15) is 50.0 Å². The minimum absolute atomic E-state index is 0.380. The molecule has 37 heavy (non-hydrogen) atoms. The van der Waals surface area contributed by atoms with Gasteiger partial charge in [0.05, 0.1) is 21.7 Å². The number of rotatable bonds is 8. The number of fused-ring (bicyclic) bond motifs is 3. The zero-order valence-corrected chi connectivity index (χ0v) is 24.2. The van der Waals surface area contributed by atoms with Crippen molar-refractivity contribution in [2.45, 2.75) is 57.7 Å². The Morgan fingerprint density at radius 1 is 1.03 bits per heavy atom. The summed E-state index contributed by atoms with van der Waals surface area (Å²) in [6.07, 6.45) is 4.67. The molecule has 0 spiro atoms. The number of hydrogen-bond donors (Lipinski definition) is 0. The summed E-state index contributed by atoms with van der Waals surface area (Å²) in [5.74, 6) is 1.32. The van der Waals surface area contributed by atoms with Crippen molar-refractivity contribution < 1.29 is 4.74 Å². The van der Waals surface area contributed by atoms with Crippen molar-refractivity contribution in [3.05, 3.63) is 33.7 Å². The van der Waals surface area contributed by atoms with E-state index >= 15 is 0 Å². The third-order valence-corrected chi connectivity index (χ3v) is 8.66. The van der Waals surface area contributed by atoms with Crippen molar-refractivity contribution in [2.24, 2.45) is 0 Å². The number of halogens is 2. The quantitative estimate of drug-likeness (QED) is 0.384. The van der Waals surface area contributed by atoms with E-state index in [4.69, 9.17) is 37.9 Å². The van der Waals surface area contributed by atoms with Gasteiger partial charge in [-0.3, -0.25) is 9.88 Å². The Labute approximate surface area is 230 Å². The van der Waals surface area contributed by atoms with Gasteiger partial charge >= 0.3 is 0 Å². The van der Waals surface area contributed by atoms with Gasteiger partial charge in [-0.25, -0.2) is 4.98 Å². The minimum Gasteiger partial charge on any atom is -0.374 e. The van der Waals surface area contributed by atoms with E-state index in [0.29, 0.717) is 35.2 Å². The second-order valence-electron chi connectivity index (χ2n) is 10.9. The highest BCUT2D eigenvalue weighted by atomic mass is 35.5. The van der Waals surface area contributed by atoms with E-state index in [9.17, 15) is 0 Å². The maximum Gasteiger partial charge on any atom is 0.136 e. The number of imidazole rings is 1. The van der Waals surface area contributed by atoms with Crippen molar-refractivity contribution in [3.8, 4) is 0 Å². The maximum absolute atomic E-state index is 6.83. The lowest BCUT2D eigenvalue weighted by molar-refractivity contribution is 0.0877. The third kappa shape index (κ3) is 5.77. The molecule has 1 aliphatic carbocycles. The summed E-state index contributed by atoms with van der Waals surface area (Å²) >= 11 is 13.3. The molecule has 2 fully saturated rings. The van der Waals surface area contributed by atoms with Crippen LogP contribution in [0.5, 0.6) is 0 Å². The number of nitrogens with zero attached hydrogens (tertiary/aromatic N) is 6. The Balaban J connectivity index is 1.55. The van der Waals surface area contributed by atoms with Gasteiger partial charge in [0.1, 0.15) is 17.9 Å². The number of ether oxygens (including phenoxy) is 1. The third-order valence-electron chi connectivity index (χ3n) is 8.14. The van der Waals surface area contributed by atoms with Crippen LogP contribution in [0, 0.1) is 0 Å². The van der Waals surface area contributed by atoms with Crippen LogP contribution >= 0.6 is 23.2 Å². The Morgan fingerprint density at radius 3 is 2.43 bits per heavy atom. The van der Waals surface area contributed by atoms with Gasteiger partial charge in [-0.15, -0.1) is 0 Å². The monoisotopic (exact) mass is 546 g/mol. The molecule has 0 amide bonds. The van der Waals surface area contributed by atoms with Crippen LogP contribution in [0.2, 0.25) is 10.0 Å². The first-order chi connectivity index (χ1) is 17.9. The minimum atomic E-state index is 0.380. The number of pyridine rings is 1. The molecule has 5 rings (SSSR count). The second-order valence-corrected chi connectivity index (χ2v) is 11.8. The van der Waals surface area contributed by atoms with Crippen molar-refractivity contribution in [3.63, 3.8) is 0 Å². The Bertz CT molecular complexity index is 1230. The number of hydrogen-bond acceptors (Lipinski definition) is 6. The lowest BCUT2D eigenvalue weighted by Crippen LogP contribution is -2.49.